The van der Waals surface area contributed by atoms with Gasteiger partial charge in [-0.3, -0.25) is 9.89 Å². The third-order valence-electron chi connectivity index (χ3n) is 2.72. The lowest BCUT2D eigenvalue weighted by molar-refractivity contribution is 0.101. The molecule has 0 fully saturated rings. The first-order valence-corrected chi connectivity index (χ1v) is 5.75. The highest BCUT2D eigenvalue weighted by molar-refractivity contribution is 6.02. The lowest BCUT2D eigenvalue weighted by Crippen LogP contribution is -2.15. The second kappa shape index (κ2) is 4.60. The molecule has 5 nitrogen and oxygen atoms in total. The molecule has 0 saturated carbocycles. The number of H-pyrrole nitrogens is 1. The van der Waals surface area contributed by atoms with E-state index in [2.05, 4.69) is 20.5 Å². The first kappa shape index (κ1) is 12.3. The molecule has 0 aliphatic heterocycles. The van der Waals surface area contributed by atoms with E-state index in [1.807, 2.05) is 32.9 Å². The summed E-state index contributed by atoms with van der Waals surface area (Å²) < 4.78 is 0. The minimum Gasteiger partial charge on any atom is -0.319 e. The van der Waals surface area contributed by atoms with Crippen LogP contribution in [0.3, 0.4) is 0 Å². The van der Waals surface area contributed by atoms with Crippen molar-refractivity contribution in [3.05, 3.63) is 40.5 Å². The summed E-state index contributed by atoms with van der Waals surface area (Å²) in [7, 11) is 0. The third kappa shape index (κ3) is 2.40. The Labute approximate surface area is 106 Å². The van der Waals surface area contributed by atoms with Crippen LogP contribution in [-0.2, 0) is 0 Å². The topological polar surface area (TPSA) is 70.7 Å². The van der Waals surface area contributed by atoms with E-state index in [1.165, 1.54) is 5.56 Å². The van der Waals surface area contributed by atoms with E-state index in [0.29, 0.717) is 5.82 Å². The number of rotatable bonds is 2. The van der Waals surface area contributed by atoms with Gasteiger partial charge in [0.05, 0.1) is 0 Å². The highest BCUT2D eigenvalue weighted by Gasteiger charge is 2.13. The number of aryl methyl sites for hydroxylation is 4. The molecule has 1 heterocycles. The molecule has 0 unspecified atom stereocenters. The lowest BCUT2D eigenvalue weighted by Gasteiger charge is -2.11. The van der Waals surface area contributed by atoms with Crippen LogP contribution < -0.4 is 5.32 Å². The normalized spacial score (nSPS) is 10.4. The molecule has 1 aromatic carbocycles. The predicted molar refractivity (Wildman–Crippen MR) is 69.7 cm³/mol. The summed E-state index contributed by atoms with van der Waals surface area (Å²) in [6, 6.07) is 4.07. The van der Waals surface area contributed by atoms with Crippen LogP contribution in [0.15, 0.2) is 12.1 Å². The highest BCUT2D eigenvalue weighted by atomic mass is 16.2. The van der Waals surface area contributed by atoms with E-state index >= 15 is 0 Å². The van der Waals surface area contributed by atoms with Crippen molar-refractivity contribution < 1.29 is 4.79 Å². The largest absolute Gasteiger partial charge is 0.319 e. The molecular formula is C13H16N4O. The minimum atomic E-state index is -0.297. The summed E-state index contributed by atoms with van der Waals surface area (Å²) in [5.41, 5.74) is 4.08. The summed E-state index contributed by atoms with van der Waals surface area (Å²) in [6.45, 7) is 7.73. The van der Waals surface area contributed by atoms with Crippen LogP contribution in [0.2, 0.25) is 0 Å². The van der Waals surface area contributed by atoms with Gasteiger partial charge in [-0.25, -0.2) is 4.98 Å². The third-order valence-corrected chi connectivity index (χ3v) is 2.72. The van der Waals surface area contributed by atoms with Gasteiger partial charge >= 0.3 is 0 Å². The van der Waals surface area contributed by atoms with Crippen LogP contribution in [0, 0.1) is 27.7 Å². The summed E-state index contributed by atoms with van der Waals surface area (Å²) in [4.78, 5) is 16.0. The second-order valence-corrected chi connectivity index (χ2v) is 4.47. The number of carbonyl (C=O) groups is 1. The quantitative estimate of drug-likeness (QED) is 0.851. The zero-order chi connectivity index (χ0) is 13.3. The van der Waals surface area contributed by atoms with Gasteiger partial charge in [-0.15, -0.1) is 5.10 Å². The Bertz CT molecular complexity index is 578. The molecule has 2 aromatic rings. The van der Waals surface area contributed by atoms with Crippen LogP contribution in [0.5, 0.6) is 0 Å². The monoisotopic (exact) mass is 244 g/mol. The van der Waals surface area contributed by atoms with Crippen molar-refractivity contribution in [3.8, 4) is 0 Å². The zero-order valence-corrected chi connectivity index (χ0v) is 11.0. The number of anilines is 1. The van der Waals surface area contributed by atoms with Gasteiger partial charge in [0.1, 0.15) is 5.82 Å². The van der Waals surface area contributed by atoms with Gasteiger partial charge in [0, 0.05) is 5.69 Å². The number of aromatic nitrogens is 3. The van der Waals surface area contributed by atoms with Gasteiger partial charge in [0.15, 0.2) is 0 Å². The molecule has 5 heteroatoms. The molecule has 0 atom stereocenters. The molecule has 18 heavy (non-hydrogen) atoms. The molecular weight excluding hydrogens is 228 g/mol. The van der Waals surface area contributed by atoms with Crippen LogP contribution in [0.25, 0.3) is 0 Å². The number of hydrogen-bond donors (Lipinski definition) is 2. The fourth-order valence-electron chi connectivity index (χ4n) is 1.99. The molecule has 2 N–H and O–H groups in total. The fourth-order valence-corrected chi connectivity index (χ4v) is 1.99. The van der Waals surface area contributed by atoms with Gasteiger partial charge in [-0.05, 0) is 38.8 Å². The van der Waals surface area contributed by atoms with Crippen LogP contribution >= 0.6 is 0 Å². The first-order chi connectivity index (χ1) is 8.47. The van der Waals surface area contributed by atoms with E-state index in [1.54, 1.807) is 6.92 Å². The highest BCUT2D eigenvalue weighted by Crippen LogP contribution is 2.22. The molecule has 0 aliphatic rings. The van der Waals surface area contributed by atoms with Gasteiger partial charge in [0.25, 0.3) is 5.91 Å². The number of amides is 1. The Morgan fingerprint density at radius 1 is 1.17 bits per heavy atom. The molecule has 1 aromatic heterocycles. The fraction of sp³-hybridized carbons (Fsp3) is 0.308. The smallest absolute Gasteiger partial charge is 0.295 e. The average molecular weight is 244 g/mol. The van der Waals surface area contributed by atoms with Crippen molar-refractivity contribution in [1.29, 1.82) is 0 Å². The van der Waals surface area contributed by atoms with Crippen molar-refractivity contribution in [3.63, 3.8) is 0 Å². The van der Waals surface area contributed by atoms with Crippen LogP contribution in [0.4, 0.5) is 5.69 Å². The predicted octanol–water partition coefficient (Wildman–Crippen LogP) is 2.29. The SMILES string of the molecule is Cc1cc(C)c(NC(=O)c2n[nH]c(C)n2)c(C)c1. The van der Waals surface area contributed by atoms with Crippen molar-refractivity contribution >= 4 is 11.6 Å². The number of carbonyl (C=O) groups excluding carboxylic acids is 1. The number of nitrogens with one attached hydrogen (secondary N) is 2. The van der Waals surface area contributed by atoms with Gasteiger partial charge < -0.3 is 5.32 Å². The number of benzene rings is 1. The molecule has 0 saturated heterocycles. The lowest BCUT2D eigenvalue weighted by atomic mass is 10.1. The maximum absolute atomic E-state index is 12.0. The van der Waals surface area contributed by atoms with E-state index in [0.717, 1.165) is 16.8 Å². The van der Waals surface area contributed by atoms with Gasteiger partial charge in [-0.1, -0.05) is 17.7 Å². The molecule has 0 bridgehead atoms. The summed E-state index contributed by atoms with van der Waals surface area (Å²) in [6.07, 6.45) is 0. The van der Waals surface area contributed by atoms with Crippen molar-refractivity contribution in [2.75, 3.05) is 5.32 Å². The summed E-state index contributed by atoms with van der Waals surface area (Å²) in [5.74, 6) is 0.485. The van der Waals surface area contributed by atoms with E-state index in [9.17, 15) is 4.79 Å². The minimum absolute atomic E-state index is 0.159. The summed E-state index contributed by atoms with van der Waals surface area (Å²) in [5, 5.41) is 9.34. The maximum atomic E-state index is 12.0. The average Bonchev–Trinajstić information content (AvgIpc) is 2.70. The van der Waals surface area contributed by atoms with Crippen molar-refractivity contribution in [1.82, 2.24) is 15.2 Å². The van der Waals surface area contributed by atoms with E-state index in [-0.39, 0.29) is 11.7 Å². The number of hydrogen-bond acceptors (Lipinski definition) is 3. The molecule has 0 aliphatic carbocycles. The molecule has 1 amide bonds. The van der Waals surface area contributed by atoms with E-state index < -0.39 is 0 Å². The standard InChI is InChI=1S/C13H16N4O/c1-7-5-8(2)11(9(3)6-7)15-13(18)12-14-10(4)16-17-12/h5-6H,1-4H3,(H,15,18)(H,14,16,17). The van der Waals surface area contributed by atoms with Crippen molar-refractivity contribution in [2.24, 2.45) is 0 Å². The van der Waals surface area contributed by atoms with Crippen LogP contribution in [-0.4, -0.2) is 21.1 Å². The summed E-state index contributed by atoms with van der Waals surface area (Å²) >= 11 is 0. The Morgan fingerprint density at radius 2 is 1.78 bits per heavy atom. The first-order valence-electron chi connectivity index (χ1n) is 5.75. The van der Waals surface area contributed by atoms with E-state index in [4.69, 9.17) is 0 Å². The zero-order valence-electron chi connectivity index (χ0n) is 11.0. The number of nitrogens with zero attached hydrogens (tertiary/aromatic N) is 2. The maximum Gasteiger partial charge on any atom is 0.295 e. The Kier molecular flexibility index (Phi) is 3.14. The molecule has 2 rings (SSSR count). The number of aromatic amines is 1. The second-order valence-electron chi connectivity index (χ2n) is 4.47. The van der Waals surface area contributed by atoms with Gasteiger partial charge in [-0.2, -0.15) is 0 Å². The molecule has 94 valence electrons. The molecule has 0 spiro atoms. The van der Waals surface area contributed by atoms with Gasteiger partial charge in [0.2, 0.25) is 5.82 Å². The Hall–Kier alpha value is -2.17. The Morgan fingerprint density at radius 3 is 2.28 bits per heavy atom. The Balaban J connectivity index is 2.27. The molecule has 0 radical (unpaired) electrons. The van der Waals surface area contributed by atoms with Crippen molar-refractivity contribution in [2.45, 2.75) is 27.7 Å². The van der Waals surface area contributed by atoms with Crippen LogP contribution in [0.1, 0.15) is 33.1 Å².